The van der Waals surface area contributed by atoms with Crippen LogP contribution in [-0.2, 0) is 11.8 Å². The lowest BCUT2D eigenvalue weighted by atomic mass is 9.50. The first-order chi connectivity index (χ1) is 9.92. The van der Waals surface area contributed by atoms with Gasteiger partial charge in [0.25, 0.3) is 0 Å². The van der Waals surface area contributed by atoms with E-state index in [9.17, 15) is 0 Å². The van der Waals surface area contributed by atoms with Gasteiger partial charge in [0.05, 0.1) is 14.2 Å². The van der Waals surface area contributed by atoms with E-state index in [4.69, 9.17) is 9.47 Å². The van der Waals surface area contributed by atoms with Gasteiger partial charge >= 0.3 is 0 Å². The molecule has 2 nitrogen and oxygen atoms in total. The molecule has 0 radical (unpaired) electrons. The van der Waals surface area contributed by atoms with E-state index in [1.54, 1.807) is 14.2 Å². The summed E-state index contributed by atoms with van der Waals surface area (Å²) >= 11 is 0. The summed E-state index contributed by atoms with van der Waals surface area (Å²) in [4.78, 5) is 0. The summed E-state index contributed by atoms with van der Waals surface area (Å²) < 4.78 is 11.2. The lowest BCUT2D eigenvalue weighted by molar-refractivity contribution is 0.0401. The first-order valence-corrected chi connectivity index (χ1v) is 8.18. The molecule has 0 bridgehead atoms. The minimum Gasteiger partial charge on any atom is -0.497 e. The third-order valence-electron chi connectivity index (χ3n) is 6.17. The number of rotatable bonds is 2. The van der Waals surface area contributed by atoms with Crippen molar-refractivity contribution in [1.29, 1.82) is 0 Å². The average Bonchev–Trinajstić information content (AvgIpc) is 2.45. The lowest BCUT2D eigenvalue weighted by Gasteiger charge is -2.54. The quantitative estimate of drug-likeness (QED) is 0.783. The molecule has 3 rings (SSSR count). The normalized spacial score (nSPS) is 30.2. The second-order valence-electron chi connectivity index (χ2n) is 7.71. The molecule has 0 unspecified atom stereocenters. The van der Waals surface area contributed by atoms with Crippen LogP contribution in [0.15, 0.2) is 12.1 Å². The molecule has 0 heterocycles. The second kappa shape index (κ2) is 4.93. The number of fused-ring (bicyclic) bond motifs is 3. The highest BCUT2D eigenvalue weighted by Crippen LogP contribution is 2.58. The van der Waals surface area contributed by atoms with Crippen molar-refractivity contribution < 1.29 is 9.47 Å². The third kappa shape index (κ3) is 2.15. The zero-order valence-electron chi connectivity index (χ0n) is 14.1. The summed E-state index contributed by atoms with van der Waals surface area (Å²) in [5.41, 5.74) is 3.58. The Balaban J connectivity index is 2.17. The lowest BCUT2D eigenvalue weighted by Crippen LogP contribution is -2.47. The van der Waals surface area contributed by atoms with Crippen LogP contribution < -0.4 is 9.47 Å². The minimum absolute atomic E-state index is 0.261. The summed E-state index contributed by atoms with van der Waals surface area (Å²) in [6.45, 7) is 7.38. The molecule has 0 amide bonds. The Labute approximate surface area is 128 Å². The van der Waals surface area contributed by atoms with Crippen molar-refractivity contribution in [3.63, 3.8) is 0 Å². The number of methoxy groups -OCH3 is 2. The van der Waals surface area contributed by atoms with Crippen molar-refractivity contribution in [3.8, 4) is 11.5 Å². The van der Waals surface area contributed by atoms with Gasteiger partial charge in [-0.15, -0.1) is 0 Å². The fourth-order valence-corrected chi connectivity index (χ4v) is 5.13. The van der Waals surface area contributed by atoms with E-state index in [2.05, 4.69) is 26.8 Å². The molecule has 2 atom stereocenters. The molecule has 2 aliphatic rings. The Hall–Kier alpha value is -1.18. The van der Waals surface area contributed by atoms with Crippen LogP contribution in [0.2, 0.25) is 0 Å². The fraction of sp³-hybridized carbons (Fsp3) is 0.684. The largest absolute Gasteiger partial charge is 0.497 e. The van der Waals surface area contributed by atoms with Crippen LogP contribution in [-0.4, -0.2) is 14.2 Å². The van der Waals surface area contributed by atoms with Crippen LogP contribution in [0.4, 0.5) is 0 Å². The molecule has 116 valence electrons. The summed E-state index contributed by atoms with van der Waals surface area (Å²) in [5.74, 6) is 2.69. The van der Waals surface area contributed by atoms with Gasteiger partial charge in [-0.05, 0) is 59.6 Å². The first-order valence-electron chi connectivity index (χ1n) is 8.18. The molecule has 0 aromatic heterocycles. The van der Waals surface area contributed by atoms with Gasteiger partial charge in [-0.3, -0.25) is 0 Å². The van der Waals surface area contributed by atoms with E-state index in [1.807, 2.05) is 6.07 Å². The Morgan fingerprint density at radius 1 is 1.05 bits per heavy atom. The molecule has 2 heteroatoms. The second-order valence-corrected chi connectivity index (χ2v) is 7.71. The van der Waals surface area contributed by atoms with Crippen molar-refractivity contribution in [3.05, 3.63) is 23.3 Å². The van der Waals surface area contributed by atoms with Crippen molar-refractivity contribution in [2.24, 2.45) is 11.3 Å². The van der Waals surface area contributed by atoms with E-state index in [0.29, 0.717) is 5.41 Å². The molecule has 21 heavy (non-hydrogen) atoms. The predicted octanol–water partition coefficient (Wildman–Crippen LogP) is 4.73. The van der Waals surface area contributed by atoms with Crippen LogP contribution in [0.25, 0.3) is 0 Å². The van der Waals surface area contributed by atoms with Crippen LogP contribution in [0.5, 0.6) is 11.5 Å². The van der Waals surface area contributed by atoms with Gasteiger partial charge in [0.1, 0.15) is 11.5 Å². The third-order valence-corrected chi connectivity index (χ3v) is 6.17. The van der Waals surface area contributed by atoms with Gasteiger partial charge in [0.15, 0.2) is 0 Å². The monoisotopic (exact) mass is 288 g/mol. The van der Waals surface area contributed by atoms with E-state index >= 15 is 0 Å². The SMILES string of the molecule is COc1cc(OC)c2c(c1)[C@@]1(C)CCCC(C)(C)[C@@H]1CC2. The molecule has 0 spiro atoms. The van der Waals surface area contributed by atoms with Gasteiger partial charge in [0, 0.05) is 6.07 Å². The zero-order valence-corrected chi connectivity index (χ0v) is 14.1. The molecule has 1 aromatic carbocycles. The van der Waals surface area contributed by atoms with Crippen LogP contribution >= 0.6 is 0 Å². The topological polar surface area (TPSA) is 18.5 Å². The number of ether oxygens (including phenoxy) is 2. The first kappa shape index (κ1) is 14.7. The maximum Gasteiger partial charge on any atom is 0.126 e. The maximum atomic E-state index is 5.65. The van der Waals surface area contributed by atoms with E-state index in [1.165, 1.54) is 36.8 Å². The van der Waals surface area contributed by atoms with Gasteiger partial charge in [-0.2, -0.15) is 0 Å². The van der Waals surface area contributed by atoms with E-state index < -0.39 is 0 Å². The number of hydrogen-bond acceptors (Lipinski definition) is 2. The Bertz CT molecular complexity index is 547. The zero-order chi connectivity index (χ0) is 15.3. The Morgan fingerprint density at radius 3 is 2.48 bits per heavy atom. The summed E-state index contributed by atoms with van der Waals surface area (Å²) in [6.07, 6.45) is 6.36. The fourth-order valence-electron chi connectivity index (χ4n) is 5.13. The van der Waals surface area contributed by atoms with Crippen LogP contribution in [0.1, 0.15) is 57.6 Å². The molecule has 1 fully saturated rings. The van der Waals surface area contributed by atoms with Crippen LogP contribution in [0.3, 0.4) is 0 Å². The molecule has 1 aromatic rings. The molecule has 0 aliphatic heterocycles. The summed E-state index contributed by atoms with van der Waals surface area (Å²) in [5, 5.41) is 0. The Kier molecular flexibility index (Phi) is 3.46. The predicted molar refractivity (Wildman–Crippen MR) is 86.3 cm³/mol. The van der Waals surface area contributed by atoms with Gasteiger partial charge in [0.2, 0.25) is 0 Å². The molecule has 2 aliphatic carbocycles. The number of hydrogen-bond donors (Lipinski definition) is 0. The minimum atomic E-state index is 0.261. The van der Waals surface area contributed by atoms with E-state index in [-0.39, 0.29) is 5.41 Å². The van der Waals surface area contributed by atoms with Crippen molar-refractivity contribution in [2.75, 3.05) is 14.2 Å². The van der Waals surface area contributed by atoms with Crippen molar-refractivity contribution in [2.45, 2.75) is 58.3 Å². The summed E-state index contributed by atoms with van der Waals surface area (Å²) in [7, 11) is 3.52. The molecular formula is C19H28O2. The van der Waals surface area contributed by atoms with Gasteiger partial charge < -0.3 is 9.47 Å². The molecule has 0 N–H and O–H groups in total. The molecular weight excluding hydrogens is 260 g/mol. The molecule has 0 saturated heterocycles. The van der Waals surface area contributed by atoms with Crippen molar-refractivity contribution in [1.82, 2.24) is 0 Å². The molecule has 1 saturated carbocycles. The Morgan fingerprint density at radius 2 is 1.81 bits per heavy atom. The van der Waals surface area contributed by atoms with Gasteiger partial charge in [-0.1, -0.05) is 27.2 Å². The van der Waals surface area contributed by atoms with Crippen molar-refractivity contribution >= 4 is 0 Å². The standard InChI is InChI=1S/C19H28O2/c1-18(2)9-6-10-19(3)15-11-13(20-4)12-16(21-5)14(15)7-8-17(18)19/h11-12,17H,6-10H2,1-5H3/t17-,19+/m0/s1. The highest BCUT2D eigenvalue weighted by atomic mass is 16.5. The highest BCUT2D eigenvalue weighted by molar-refractivity contribution is 5.52. The maximum absolute atomic E-state index is 5.65. The average molecular weight is 288 g/mol. The number of benzene rings is 1. The van der Waals surface area contributed by atoms with Gasteiger partial charge in [-0.25, -0.2) is 0 Å². The van der Waals surface area contributed by atoms with Crippen LogP contribution in [0, 0.1) is 11.3 Å². The highest BCUT2D eigenvalue weighted by Gasteiger charge is 2.50. The summed E-state index contributed by atoms with van der Waals surface area (Å²) in [6, 6.07) is 4.31. The van der Waals surface area contributed by atoms with E-state index in [0.717, 1.165) is 23.8 Å². The smallest absolute Gasteiger partial charge is 0.126 e.